The molecule has 0 aromatic heterocycles. The van der Waals surface area contributed by atoms with Gasteiger partial charge in [-0.1, -0.05) is 27.7 Å². The van der Waals surface area contributed by atoms with Gasteiger partial charge in [0.1, 0.15) is 26.9 Å². The van der Waals surface area contributed by atoms with Crippen LogP contribution < -0.4 is 0 Å². The maximum Gasteiger partial charge on any atom is 0.327 e. The maximum absolute atomic E-state index is 13.7. The smallest absolute Gasteiger partial charge is 0.327 e. The van der Waals surface area contributed by atoms with E-state index in [1.165, 1.54) is 19.6 Å². The van der Waals surface area contributed by atoms with Crippen LogP contribution in [0.15, 0.2) is 0 Å². The van der Waals surface area contributed by atoms with Crippen molar-refractivity contribution in [3.63, 3.8) is 0 Å². The lowest BCUT2D eigenvalue weighted by atomic mass is 10.3. The van der Waals surface area contributed by atoms with Gasteiger partial charge < -0.3 is 37.9 Å². The predicted octanol–water partition coefficient (Wildman–Crippen LogP) is 2.72. The van der Waals surface area contributed by atoms with Gasteiger partial charge in [-0.2, -0.15) is 0 Å². The first-order chi connectivity index (χ1) is 20.6. The van der Waals surface area contributed by atoms with Crippen molar-refractivity contribution in [3.05, 3.63) is 0 Å². The van der Waals surface area contributed by atoms with Gasteiger partial charge in [-0.3, -0.25) is 19.6 Å². The van der Waals surface area contributed by atoms with Gasteiger partial charge in [0.2, 0.25) is 0 Å². The number of fused-ring (bicyclic) bond motifs is 1. The van der Waals surface area contributed by atoms with Gasteiger partial charge in [0.25, 0.3) is 0 Å². The average molecular weight is 607 g/mol. The summed E-state index contributed by atoms with van der Waals surface area (Å²) in [7, 11) is 0. The monoisotopic (exact) mass is 606 g/mol. The number of urea groups is 2. The average Bonchev–Trinajstić information content (AvgIpc) is 3.41. The Morgan fingerprint density at radius 3 is 0.810 bits per heavy atom. The second-order valence-electron chi connectivity index (χ2n) is 9.87. The number of hydrogen-bond acceptors (Lipinski definition) is 10. The molecule has 14 heteroatoms. The Labute approximate surface area is 251 Å². The van der Waals surface area contributed by atoms with E-state index < -0.39 is 12.3 Å². The molecule has 0 unspecified atom stereocenters. The van der Waals surface area contributed by atoms with Crippen LogP contribution in [0, 0.1) is 0 Å². The van der Waals surface area contributed by atoms with Crippen LogP contribution in [0.1, 0.15) is 53.4 Å². The topological polar surface area (TPSA) is 121 Å². The molecule has 0 aromatic carbocycles. The second-order valence-corrected chi connectivity index (χ2v) is 9.87. The third kappa shape index (κ3) is 12.1. The summed E-state index contributed by atoms with van der Waals surface area (Å²) in [6.45, 7) is 13.6. The van der Waals surface area contributed by atoms with Crippen LogP contribution in [-0.4, -0.2) is 150 Å². The van der Waals surface area contributed by atoms with Crippen molar-refractivity contribution >= 4 is 12.1 Å². The molecule has 246 valence electrons. The zero-order chi connectivity index (χ0) is 30.4. The van der Waals surface area contributed by atoms with Crippen LogP contribution in [0.4, 0.5) is 9.59 Å². The zero-order valence-electron chi connectivity index (χ0n) is 26.2. The minimum atomic E-state index is -0.669. The van der Waals surface area contributed by atoms with E-state index in [0.717, 1.165) is 25.7 Å². The van der Waals surface area contributed by atoms with Crippen molar-refractivity contribution in [2.24, 2.45) is 0 Å². The summed E-state index contributed by atoms with van der Waals surface area (Å²) in [6, 6.07) is -0.622. The fourth-order valence-electron chi connectivity index (χ4n) is 4.40. The number of ether oxygens (including phenoxy) is 8. The second kappa shape index (κ2) is 22.7. The lowest BCUT2D eigenvalue weighted by molar-refractivity contribution is -0.0529. The molecule has 0 N–H and O–H groups in total. The largest absolute Gasteiger partial charge is 0.379 e. The van der Waals surface area contributed by atoms with Crippen LogP contribution in [-0.2, 0) is 37.9 Å². The summed E-state index contributed by atoms with van der Waals surface area (Å²) in [5, 5.41) is 0. The standard InChI is InChI=1S/C28H54N4O10/c1-5-9-35-13-17-39-21-29-25-26(31(27(29)33)23-41-19-15-37-11-7-3)32(24-42-20-16-38-12-8-4)28(34)30(25)22-40-18-14-36-10-6-2/h25-26H,5-24H2,1-4H3. The van der Waals surface area contributed by atoms with Gasteiger partial charge in [-0.25, -0.2) is 9.59 Å². The molecule has 0 aliphatic carbocycles. The maximum atomic E-state index is 13.7. The Morgan fingerprint density at radius 1 is 0.381 bits per heavy atom. The molecule has 0 spiro atoms. The molecule has 14 nitrogen and oxygen atoms in total. The summed E-state index contributed by atoms with van der Waals surface area (Å²) in [5.41, 5.74) is 0. The van der Waals surface area contributed by atoms with E-state index in [-0.39, 0.29) is 39.0 Å². The molecule has 42 heavy (non-hydrogen) atoms. The minimum absolute atomic E-state index is 0.0193. The van der Waals surface area contributed by atoms with Crippen LogP contribution in [0.25, 0.3) is 0 Å². The normalized spacial score (nSPS) is 18.7. The molecule has 2 aliphatic rings. The molecule has 2 saturated heterocycles. The molecule has 2 rings (SSSR count). The highest BCUT2D eigenvalue weighted by Gasteiger charge is 2.59. The van der Waals surface area contributed by atoms with E-state index in [1.54, 1.807) is 0 Å². The zero-order valence-corrected chi connectivity index (χ0v) is 26.2. The molecule has 0 saturated carbocycles. The van der Waals surface area contributed by atoms with Crippen LogP contribution in [0.5, 0.6) is 0 Å². The van der Waals surface area contributed by atoms with Crippen molar-refractivity contribution in [3.8, 4) is 0 Å². The molecule has 0 aromatic rings. The molecule has 0 bridgehead atoms. The van der Waals surface area contributed by atoms with E-state index in [9.17, 15) is 9.59 Å². The Kier molecular flexibility index (Phi) is 19.7. The van der Waals surface area contributed by atoms with Crippen molar-refractivity contribution < 1.29 is 47.5 Å². The first-order valence-corrected chi connectivity index (χ1v) is 15.4. The number of carbonyl (C=O) groups excluding carboxylic acids is 2. The lowest BCUT2D eigenvalue weighted by Crippen LogP contribution is -2.48. The van der Waals surface area contributed by atoms with Gasteiger partial charge in [0, 0.05) is 26.4 Å². The Bertz CT molecular complexity index is 612. The van der Waals surface area contributed by atoms with Crippen LogP contribution in [0.2, 0.25) is 0 Å². The first-order valence-electron chi connectivity index (χ1n) is 15.4. The highest BCUT2D eigenvalue weighted by atomic mass is 16.6. The molecule has 0 atom stereocenters. The number of nitrogens with zero attached hydrogens (tertiary/aromatic N) is 4. The van der Waals surface area contributed by atoms with Gasteiger partial charge in [0.05, 0.1) is 52.9 Å². The number of amides is 4. The van der Waals surface area contributed by atoms with Gasteiger partial charge in [-0.05, 0) is 25.7 Å². The highest BCUT2D eigenvalue weighted by Crippen LogP contribution is 2.35. The van der Waals surface area contributed by atoms with Gasteiger partial charge >= 0.3 is 12.1 Å². The lowest BCUT2D eigenvalue weighted by Gasteiger charge is -2.29. The predicted molar refractivity (Wildman–Crippen MR) is 153 cm³/mol. The molecular formula is C28H54N4O10. The number of hydrogen-bond donors (Lipinski definition) is 0. The van der Waals surface area contributed by atoms with Gasteiger partial charge in [-0.15, -0.1) is 0 Å². The summed E-state index contributed by atoms with van der Waals surface area (Å²) in [6.07, 6.45) is 2.31. The van der Waals surface area contributed by atoms with E-state index in [4.69, 9.17) is 37.9 Å². The molecule has 2 aliphatic heterocycles. The molecule has 2 fully saturated rings. The fourth-order valence-corrected chi connectivity index (χ4v) is 4.40. The number of carbonyl (C=O) groups is 2. The summed E-state index contributed by atoms with van der Waals surface area (Å²) >= 11 is 0. The molecular weight excluding hydrogens is 552 g/mol. The van der Waals surface area contributed by atoms with Gasteiger partial charge in [0.15, 0.2) is 12.3 Å². The summed E-state index contributed by atoms with van der Waals surface area (Å²) < 4.78 is 45.3. The quantitative estimate of drug-likeness (QED) is 0.123. The van der Waals surface area contributed by atoms with Crippen LogP contribution >= 0.6 is 0 Å². The summed E-state index contributed by atoms with van der Waals surface area (Å²) in [5.74, 6) is 0. The number of rotatable bonds is 28. The summed E-state index contributed by atoms with van der Waals surface area (Å²) in [4.78, 5) is 33.5. The first kappa shape index (κ1) is 36.4. The Balaban J connectivity index is 2.13. The minimum Gasteiger partial charge on any atom is -0.379 e. The third-order valence-corrected chi connectivity index (χ3v) is 6.33. The molecule has 2 heterocycles. The van der Waals surface area contributed by atoms with E-state index in [0.29, 0.717) is 79.3 Å². The van der Waals surface area contributed by atoms with Crippen molar-refractivity contribution in [2.45, 2.75) is 65.7 Å². The van der Waals surface area contributed by atoms with Crippen LogP contribution in [0.3, 0.4) is 0 Å². The fraction of sp³-hybridized carbons (Fsp3) is 0.929. The highest BCUT2D eigenvalue weighted by molar-refractivity contribution is 5.85. The van der Waals surface area contributed by atoms with E-state index >= 15 is 0 Å². The van der Waals surface area contributed by atoms with Crippen molar-refractivity contribution in [2.75, 3.05) is 106 Å². The molecule has 4 amide bonds. The SMILES string of the molecule is CCCOCCOCN1C(=O)N(COCCOCCC)C2C1N(COCCOCCC)C(=O)N2COCCOCCC. The Morgan fingerprint density at radius 2 is 0.595 bits per heavy atom. The van der Waals surface area contributed by atoms with E-state index in [2.05, 4.69) is 0 Å². The molecule has 0 radical (unpaired) electrons. The van der Waals surface area contributed by atoms with Crippen molar-refractivity contribution in [1.29, 1.82) is 0 Å². The van der Waals surface area contributed by atoms with Crippen molar-refractivity contribution in [1.82, 2.24) is 19.6 Å². The Hall–Kier alpha value is -1.78. The third-order valence-electron chi connectivity index (χ3n) is 6.33. The van der Waals surface area contributed by atoms with E-state index in [1.807, 2.05) is 27.7 Å².